The number of anilines is 1. The second-order valence-corrected chi connectivity index (χ2v) is 4.35. The van der Waals surface area contributed by atoms with E-state index in [1.54, 1.807) is 0 Å². The van der Waals surface area contributed by atoms with Crippen LogP contribution in [0.3, 0.4) is 0 Å². The minimum Gasteiger partial charge on any atom is -0.478 e. The topological polar surface area (TPSA) is 78.4 Å². The van der Waals surface area contributed by atoms with E-state index in [9.17, 15) is 14.0 Å². The summed E-state index contributed by atoms with van der Waals surface area (Å²) >= 11 is 0. The summed E-state index contributed by atoms with van der Waals surface area (Å²) in [7, 11) is 0. The van der Waals surface area contributed by atoms with E-state index in [-0.39, 0.29) is 5.69 Å². The molecule has 3 N–H and O–H groups in total. The van der Waals surface area contributed by atoms with Crippen LogP contribution in [0.4, 0.5) is 14.9 Å². The lowest BCUT2D eigenvalue weighted by Gasteiger charge is -2.11. The number of nitrogens with one attached hydrogen (secondary N) is 2. The average Bonchev–Trinajstić information content (AvgIpc) is 2.35. The molecule has 1 atom stereocenters. The molecular weight excluding hydrogens is 251 g/mol. The van der Waals surface area contributed by atoms with Crippen molar-refractivity contribution >= 4 is 17.7 Å². The minimum atomic E-state index is -1.34. The summed E-state index contributed by atoms with van der Waals surface area (Å²) in [5.74, 6) is -1.87. The van der Waals surface area contributed by atoms with Gasteiger partial charge in [0.05, 0.1) is 5.56 Å². The van der Waals surface area contributed by atoms with Gasteiger partial charge in [0.2, 0.25) is 0 Å². The number of halogens is 1. The Kier molecular flexibility index (Phi) is 5.29. The molecule has 0 saturated heterocycles. The number of urea groups is 1. The fraction of sp³-hybridized carbons (Fsp3) is 0.385. The van der Waals surface area contributed by atoms with E-state index in [4.69, 9.17) is 5.11 Å². The molecule has 1 aromatic rings. The first kappa shape index (κ1) is 14.9. The SMILES string of the molecule is CCC(C)CNC(=O)Nc1ccc(C(=O)O)c(F)c1. The van der Waals surface area contributed by atoms with Crippen molar-refractivity contribution in [2.75, 3.05) is 11.9 Å². The number of carbonyl (C=O) groups excluding carboxylic acids is 1. The number of carboxylic acid groups (broad SMARTS) is 1. The largest absolute Gasteiger partial charge is 0.478 e. The van der Waals surface area contributed by atoms with Crippen molar-refractivity contribution in [3.63, 3.8) is 0 Å². The van der Waals surface area contributed by atoms with Gasteiger partial charge in [-0.05, 0) is 24.1 Å². The van der Waals surface area contributed by atoms with Crippen LogP contribution in [0.1, 0.15) is 30.6 Å². The number of amides is 2. The molecule has 0 radical (unpaired) electrons. The first-order valence-electron chi connectivity index (χ1n) is 6.01. The molecule has 1 aromatic carbocycles. The predicted octanol–water partition coefficient (Wildman–Crippen LogP) is 2.69. The third kappa shape index (κ3) is 4.57. The van der Waals surface area contributed by atoms with Gasteiger partial charge in [-0.2, -0.15) is 0 Å². The number of hydrogen-bond donors (Lipinski definition) is 3. The monoisotopic (exact) mass is 268 g/mol. The van der Waals surface area contributed by atoms with Crippen LogP contribution >= 0.6 is 0 Å². The van der Waals surface area contributed by atoms with Crippen LogP contribution in [0.25, 0.3) is 0 Å². The van der Waals surface area contributed by atoms with Crippen LogP contribution in [0.5, 0.6) is 0 Å². The van der Waals surface area contributed by atoms with Gasteiger partial charge in [0, 0.05) is 12.2 Å². The van der Waals surface area contributed by atoms with Crippen molar-refractivity contribution in [3.8, 4) is 0 Å². The Morgan fingerprint density at radius 1 is 1.42 bits per heavy atom. The Hall–Kier alpha value is -2.11. The molecule has 1 rings (SSSR count). The predicted molar refractivity (Wildman–Crippen MR) is 69.8 cm³/mol. The summed E-state index contributed by atoms with van der Waals surface area (Å²) in [6.45, 7) is 4.55. The van der Waals surface area contributed by atoms with Gasteiger partial charge in [0.25, 0.3) is 0 Å². The molecule has 104 valence electrons. The summed E-state index contributed by atoms with van der Waals surface area (Å²) in [6, 6.07) is 2.99. The van der Waals surface area contributed by atoms with Gasteiger partial charge >= 0.3 is 12.0 Å². The van der Waals surface area contributed by atoms with E-state index in [1.807, 2.05) is 13.8 Å². The van der Waals surface area contributed by atoms with Gasteiger partial charge in [0.1, 0.15) is 5.82 Å². The maximum absolute atomic E-state index is 13.4. The molecule has 0 aromatic heterocycles. The molecule has 0 aliphatic heterocycles. The molecule has 19 heavy (non-hydrogen) atoms. The molecular formula is C13H17FN2O3. The number of hydrogen-bond acceptors (Lipinski definition) is 2. The number of carbonyl (C=O) groups is 2. The minimum absolute atomic E-state index is 0.212. The lowest BCUT2D eigenvalue weighted by atomic mass is 10.1. The van der Waals surface area contributed by atoms with E-state index in [0.29, 0.717) is 12.5 Å². The molecule has 0 aliphatic rings. The average molecular weight is 268 g/mol. The normalized spacial score (nSPS) is 11.7. The molecule has 1 unspecified atom stereocenters. The third-order valence-corrected chi connectivity index (χ3v) is 2.77. The smallest absolute Gasteiger partial charge is 0.338 e. The van der Waals surface area contributed by atoms with Gasteiger partial charge in [-0.15, -0.1) is 0 Å². The summed E-state index contributed by atoms with van der Waals surface area (Å²) in [5, 5.41) is 13.8. The fourth-order valence-electron chi connectivity index (χ4n) is 1.35. The number of aromatic carboxylic acids is 1. The van der Waals surface area contributed by atoms with Crippen molar-refractivity contribution in [1.29, 1.82) is 0 Å². The number of carboxylic acids is 1. The zero-order chi connectivity index (χ0) is 14.4. The van der Waals surface area contributed by atoms with Crippen LogP contribution < -0.4 is 10.6 Å². The molecule has 0 saturated carbocycles. The highest BCUT2D eigenvalue weighted by molar-refractivity contribution is 5.91. The Morgan fingerprint density at radius 2 is 2.11 bits per heavy atom. The molecule has 0 spiro atoms. The van der Waals surface area contributed by atoms with Crippen LogP contribution in [0.2, 0.25) is 0 Å². The maximum atomic E-state index is 13.4. The number of benzene rings is 1. The van der Waals surface area contributed by atoms with Crippen molar-refractivity contribution in [1.82, 2.24) is 5.32 Å². The summed E-state index contributed by atoms with van der Waals surface area (Å²) < 4.78 is 13.4. The summed E-state index contributed by atoms with van der Waals surface area (Å²) in [4.78, 5) is 22.1. The van der Waals surface area contributed by atoms with Crippen LogP contribution in [-0.2, 0) is 0 Å². The van der Waals surface area contributed by atoms with E-state index in [0.717, 1.165) is 18.6 Å². The molecule has 0 heterocycles. The Balaban J connectivity index is 2.60. The Morgan fingerprint density at radius 3 is 2.63 bits per heavy atom. The van der Waals surface area contributed by atoms with Gasteiger partial charge in [-0.25, -0.2) is 14.0 Å². The first-order valence-corrected chi connectivity index (χ1v) is 6.01. The van der Waals surface area contributed by atoms with Gasteiger partial charge in [-0.3, -0.25) is 0 Å². The van der Waals surface area contributed by atoms with Gasteiger partial charge < -0.3 is 15.7 Å². The second kappa shape index (κ2) is 6.72. The quantitative estimate of drug-likeness (QED) is 0.768. The Bertz CT molecular complexity index is 477. The van der Waals surface area contributed by atoms with E-state index < -0.39 is 23.4 Å². The van der Waals surface area contributed by atoms with E-state index in [2.05, 4.69) is 10.6 Å². The van der Waals surface area contributed by atoms with Crippen molar-refractivity contribution in [2.24, 2.45) is 5.92 Å². The van der Waals surface area contributed by atoms with Crippen molar-refractivity contribution in [3.05, 3.63) is 29.6 Å². The zero-order valence-electron chi connectivity index (χ0n) is 10.9. The molecule has 5 nitrogen and oxygen atoms in total. The van der Waals surface area contributed by atoms with E-state index >= 15 is 0 Å². The molecule has 2 amide bonds. The lowest BCUT2D eigenvalue weighted by Crippen LogP contribution is -2.32. The highest BCUT2D eigenvalue weighted by Crippen LogP contribution is 2.14. The van der Waals surface area contributed by atoms with Crippen LogP contribution in [0.15, 0.2) is 18.2 Å². The number of rotatable bonds is 5. The molecule has 0 aliphatic carbocycles. The summed E-state index contributed by atoms with van der Waals surface area (Å²) in [5.41, 5.74) is -0.213. The second-order valence-electron chi connectivity index (χ2n) is 4.35. The van der Waals surface area contributed by atoms with Gasteiger partial charge in [-0.1, -0.05) is 20.3 Å². The van der Waals surface area contributed by atoms with Crippen molar-refractivity contribution in [2.45, 2.75) is 20.3 Å². The standard InChI is InChI=1S/C13H17FN2O3/c1-3-8(2)7-15-13(19)16-9-4-5-10(12(17)18)11(14)6-9/h4-6,8H,3,7H2,1-2H3,(H,17,18)(H2,15,16,19). The molecule has 6 heteroatoms. The fourth-order valence-corrected chi connectivity index (χ4v) is 1.35. The first-order chi connectivity index (χ1) is 8.93. The summed E-state index contributed by atoms with van der Waals surface area (Å²) in [6.07, 6.45) is 0.947. The molecule has 0 bridgehead atoms. The zero-order valence-corrected chi connectivity index (χ0v) is 10.9. The molecule has 0 fully saturated rings. The lowest BCUT2D eigenvalue weighted by molar-refractivity contribution is 0.0692. The van der Waals surface area contributed by atoms with Crippen molar-refractivity contribution < 1.29 is 19.1 Å². The third-order valence-electron chi connectivity index (χ3n) is 2.77. The van der Waals surface area contributed by atoms with E-state index in [1.165, 1.54) is 6.07 Å². The van der Waals surface area contributed by atoms with Crippen LogP contribution in [0, 0.1) is 11.7 Å². The highest BCUT2D eigenvalue weighted by atomic mass is 19.1. The van der Waals surface area contributed by atoms with Crippen LogP contribution in [-0.4, -0.2) is 23.7 Å². The maximum Gasteiger partial charge on any atom is 0.338 e. The van der Waals surface area contributed by atoms with Gasteiger partial charge in [0.15, 0.2) is 0 Å². The Labute approximate surface area is 110 Å². The highest BCUT2D eigenvalue weighted by Gasteiger charge is 2.11.